The summed E-state index contributed by atoms with van der Waals surface area (Å²) in [4.78, 5) is 19.8. The lowest BCUT2D eigenvalue weighted by molar-refractivity contribution is 0.121. The second kappa shape index (κ2) is 10.0. The minimum Gasteiger partial charge on any atom is -0.374 e. The van der Waals surface area contributed by atoms with Crippen LogP contribution in [0.2, 0.25) is 0 Å². The smallest absolute Gasteiger partial charge is 0.329 e. The summed E-state index contributed by atoms with van der Waals surface area (Å²) in [5.41, 5.74) is 0.264. The number of hydrogen-bond acceptors (Lipinski definition) is 3. The molecule has 1 aliphatic heterocycles. The number of carbonyl (C=O) groups excluding carboxylic acids is 1. The Labute approximate surface area is 208 Å². The van der Waals surface area contributed by atoms with Gasteiger partial charge in [-0.25, -0.2) is 18.6 Å². The van der Waals surface area contributed by atoms with Crippen LogP contribution in [-0.2, 0) is 12.0 Å². The molecule has 0 aliphatic carbocycles. The number of amides is 1. The third-order valence-electron chi connectivity index (χ3n) is 6.89. The van der Waals surface area contributed by atoms with Crippen molar-refractivity contribution in [3.05, 3.63) is 125 Å². The summed E-state index contributed by atoms with van der Waals surface area (Å²) in [5.74, 6) is -0.897. The maximum absolute atomic E-state index is 13.6. The average Bonchev–Trinajstić information content (AvgIpc) is 3.41. The lowest BCUT2D eigenvalue weighted by Crippen LogP contribution is -2.46. The summed E-state index contributed by atoms with van der Waals surface area (Å²) < 4.78 is 28.7. The zero-order valence-electron chi connectivity index (χ0n) is 19.7. The molecule has 2 heterocycles. The summed E-state index contributed by atoms with van der Waals surface area (Å²) in [6.45, 7) is 0.643. The van der Waals surface area contributed by atoms with E-state index in [2.05, 4.69) is 17.1 Å². The average molecular weight is 488 g/mol. The molecular weight excluding hydrogens is 460 g/mol. The molecule has 7 heteroatoms. The molecule has 1 N–H and O–H groups in total. The molecule has 3 aromatic carbocycles. The molecule has 0 saturated carbocycles. The van der Waals surface area contributed by atoms with Gasteiger partial charge >= 0.3 is 6.03 Å². The van der Waals surface area contributed by atoms with Crippen LogP contribution in [0.15, 0.2) is 91.4 Å². The van der Waals surface area contributed by atoms with Crippen LogP contribution < -0.4 is 0 Å². The second-order valence-corrected chi connectivity index (χ2v) is 9.21. The lowest BCUT2D eigenvalue weighted by Gasteiger charge is -2.35. The highest BCUT2D eigenvalue weighted by atomic mass is 19.1. The molecule has 1 aliphatic rings. The maximum atomic E-state index is 13.6. The van der Waals surface area contributed by atoms with Crippen molar-refractivity contribution >= 4 is 6.03 Å². The first kappa shape index (κ1) is 23.9. The van der Waals surface area contributed by atoms with E-state index in [1.54, 1.807) is 0 Å². The number of piperidine rings is 1. The van der Waals surface area contributed by atoms with E-state index in [0.29, 0.717) is 17.7 Å². The minimum atomic E-state index is -1.81. The Bertz CT molecular complexity index is 1280. The first-order valence-electron chi connectivity index (χ1n) is 12.1. The molecule has 0 spiro atoms. The van der Waals surface area contributed by atoms with Gasteiger partial charge < -0.3 is 10.0 Å². The standard InChI is InChI=1S/C29H27F2N3O2/c30-24-13-9-22(10-14-24)29(36,23-11-15-25(31)16-12-23)27-19-33(20-32-27)28(35)34-17-5-4-8-26(34)18-21-6-2-1-3-7-21/h1-3,6-7,9-16,19-20,26,36H,4-5,8,17-18H2. The van der Waals surface area contributed by atoms with E-state index >= 15 is 0 Å². The van der Waals surface area contributed by atoms with Crippen molar-refractivity contribution in [2.24, 2.45) is 0 Å². The molecule has 1 unspecified atom stereocenters. The third-order valence-corrected chi connectivity index (χ3v) is 6.89. The highest BCUT2D eigenvalue weighted by molar-refractivity contribution is 5.77. The molecule has 5 nitrogen and oxygen atoms in total. The van der Waals surface area contributed by atoms with Crippen molar-refractivity contribution in [2.75, 3.05) is 6.54 Å². The first-order valence-corrected chi connectivity index (χ1v) is 12.1. The minimum absolute atomic E-state index is 0.0626. The number of hydrogen-bond donors (Lipinski definition) is 1. The van der Waals surface area contributed by atoms with Crippen LogP contribution in [-0.4, -0.2) is 38.2 Å². The van der Waals surface area contributed by atoms with Crippen molar-refractivity contribution in [1.29, 1.82) is 0 Å². The van der Waals surface area contributed by atoms with E-state index < -0.39 is 17.2 Å². The quantitative estimate of drug-likeness (QED) is 0.404. The van der Waals surface area contributed by atoms with Gasteiger partial charge in [0.15, 0.2) is 5.60 Å². The molecule has 184 valence electrons. The van der Waals surface area contributed by atoms with Gasteiger partial charge in [0, 0.05) is 18.8 Å². The van der Waals surface area contributed by atoms with Crippen LogP contribution in [0.3, 0.4) is 0 Å². The zero-order chi connectivity index (χ0) is 25.1. The largest absolute Gasteiger partial charge is 0.374 e. The molecule has 1 amide bonds. The van der Waals surface area contributed by atoms with Crippen molar-refractivity contribution in [3.63, 3.8) is 0 Å². The second-order valence-electron chi connectivity index (χ2n) is 9.21. The highest BCUT2D eigenvalue weighted by Gasteiger charge is 2.37. The van der Waals surface area contributed by atoms with Crippen molar-refractivity contribution < 1.29 is 18.7 Å². The lowest BCUT2D eigenvalue weighted by atomic mass is 9.84. The molecule has 0 radical (unpaired) electrons. The number of rotatable bonds is 5. The SMILES string of the molecule is O=C(N1CCCCC1Cc1ccccc1)n1cnc(C(O)(c2ccc(F)cc2)c2ccc(F)cc2)c1. The molecule has 1 aromatic heterocycles. The van der Waals surface area contributed by atoms with Crippen molar-refractivity contribution in [3.8, 4) is 0 Å². The Balaban J connectivity index is 1.48. The first-order chi connectivity index (χ1) is 17.4. The predicted molar refractivity (Wildman–Crippen MR) is 132 cm³/mol. The van der Waals surface area contributed by atoms with Crippen LogP contribution in [0.5, 0.6) is 0 Å². The van der Waals surface area contributed by atoms with E-state index in [9.17, 15) is 18.7 Å². The van der Waals surface area contributed by atoms with E-state index in [-0.39, 0.29) is 17.8 Å². The number of nitrogens with zero attached hydrogens (tertiary/aromatic N) is 3. The molecule has 4 aromatic rings. The molecule has 1 fully saturated rings. The fourth-order valence-corrected chi connectivity index (χ4v) is 4.96. The summed E-state index contributed by atoms with van der Waals surface area (Å²) in [7, 11) is 0. The number of halogens is 2. The molecule has 1 atom stereocenters. The van der Waals surface area contributed by atoms with Crippen molar-refractivity contribution in [2.45, 2.75) is 37.3 Å². The molecular formula is C29H27F2N3O2. The molecule has 5 rings (SSSR count). The van der Waals surface area contributed by atoms with Gasteiger partial charge in [0.2, 0.25) is 0 Å². The monoisotopic (exact) mass is 487 g/mol. The number of benzene rings is 3. The van der Waals surface area contributed by atoms with Gasteiger partial charge in [-0.15, -0.1) is 0 Å². The number of imidazole rings is 1. The number of carbonyl (C=O) groups is 1. The van der Waals surface area contributed by atoms with E-state index in [1.165, 1.54) is 71.2 Å². The summed E-state index contributed by atoms with van der Waals surface area (Å²) in [5, 5.41) is 11.9. The Hall–Kier alpha value is -3.84. The Morgan fingerprint density at radius 2 is 1.53 bits per heavy atom. The fourth-order valence-electron chi connectivity index (χ4n) is 4.96. The van der Waals surface area contributed by atoms with E-state index in [4.69, 9.17) is 0 Å². The summed E-state index contributed by atoms with van der Waals surface area (Å²) >= 11 is 0. The third kappa shape index (κ3) is 4.66. The van der Waals surface area contributed by atoms with E-state index in [0.717, 1.165) is 25.7 Å². The topological polar surface area (TPSA) is 58.4 Å². The Morgan fingerprint density at radius 3 is 2.14 bits per heavy atom. The van der Waals surface area contributed by atoms with Crippen molar-refractivity contribution in [1.82, 2.24) is 14.5 Å². The van der Waals surface area contributed by atoms with Crippen LogP contribution in [0.1, 0.15) is 41.6 Å². The van der Waals surface area contributed by atoms with Gasteiger partial charge in [0.05, 0.1) is 5.69 Å². The Morgan fingerprint density at radius 1 is 0.917 bits per heavy atom. The number of aromatic nitrogens is 2. The summed E-state index contributed by atoms with van der Waals surface area (Å²) in [6, 6.07) is 20.8. The molecule has 0 bridgehead atoms. The molecule has 1 saturated heterocycles. The maximum Gasteiger partial charge on any atom is 0.329 e. The van der Waals surface area contributed by atoms with E-state index in [1.807, 2.05) is 23.1 Å². The van der Waals surface area contributed by atoms with Gasteiger partial charge in [-0.1, -0.05) is 54.6 Å². The summed E-state index contributed by atoms with van der Waals surface area (Å²) in [6.07, 6.45) is 6.56. The number of aliphatic hydroxyl groups is 1. The Kier molecular flexibility index (Phi) is 6.65. The fraction of sp³-hybridized carbons (Fsp3) is 0.241. The van der Waals surface area contributed by atoms with Crippen LogP contribution in [0, 0.1) is 11.6 Å². The van der Waals surface area contributed by atoms with Crippen LogP contribution in [0.25, 0.3) is 0 Å². The zero-order valence-corrected chi connectivity index (χ0v) is 19.7. The van der Waals surface area contributed by atoms with Crippen LogP contribution >= 0.6 is 0 Å². The van der Waals surface area contributed by atoms with Gasteiger partial charge in [0.1, 0.15) is 18.0 Å². The van der Waals surface area contributed by atoms with Gasteiger partial charge in [-0.2, -0.15) is 0 Å². The van der Waals surface area contributed by atoms with Gasteiger partial charge in [-0.05, 0) is 66.6 Å². The van der Waals surface area contributed by atoms with Gasteiger partial charge in [0.25, 0.3) is 0 Å². The normalized spacial score (nSPS) is 16.2. The van der Waals surface area contributed by atoms with Crippen LogP contribution in [0.4, 0.5) is 13.6 Å². The molecule has 36 heavy (non-hydrogen) atoms. The van der Waals surface area contributed by atoms with Gasteiger partial charge in [-0.3, -0.25) is 4.57 Å². The highest BCUT2D eigenvalue weighted by Crippen LogP contribution is 2.36. The number of likely N-dealkylation sites (tertiary alicyclic amines) is 1. The predicted octanol–water partition coefficient (Wildman–Crippen LogP) is 5.51.